The summed E-state index contributed by atoms with van der Waals surface area (Å²) in [5, 5.41) is 4.37. The molecule has 0 fully saturated rings. The van der Waals surface area contributed by atoms with E-state index in [-0.39, 0.29) is 20.1 Å². The molecule has 0 spiro atoms. The monoisotopic (exact) mass is 508 g/mol. The minimum Gasteiger partial charge on any atom is -0.462 e. The molecule has 2 aromatic carbocycles. The van der Waals surface area contributed by atoms with E-state index in [4.69, 9.17) is 4.42 Å². The SMILES string of the molecule is Cc1cc(C)n(-c2[c-]cccc2)n1.[Ir].[c-]1ccccc1-c1cocn1. The van der Waals surface area contributed by atoms with Gasteiger partial charge in [-0.2, -0.15) is 29.4 Å². The predicted octanol–water partition coefficient (Wildman–Crippen LogP) is 4.43. The zero-order chi connectivity index (χ0) is 16.8. The molecule has 0 aliphatic heterocycles. The van der Waals surface area contributed by atoms with Gasteiger partial charge in [-0.05, 0) is 25.6 Å². The molecule has 2 aromatic heterocycles. The van der Waals surface area contributed by atoms with Crippen LogP contribution in [-0.2, 0) is 20.1 Å². The van der Waals surface area contributed by atoms with E-state index >= 15 is 0 Å². The van der Waals surface area contributed by atoms with E-state index in [2.05, 4.69) is 28.3 Å². The Kier molecular flexibility index (Phi) is 6.87. The second kappa shape index (κ2) is 9.11. The molecule has 5 heteroatoms. The van der Waals surface area contributed by atoms with E-state index in [1.807, 2.05) is 67.1 Å². The Balaban J connectivity index is 0.000000175. The third-order valence-electron chi connectivity index (χ3n) is 3.35. The van der Waals surface area contributed by atoms with Gasteiger partial charge in [0.1, 0.15) is 0 Å². The summed E-state index contributed by atoms with van der Waals surface area (Å²) in [7, 11) is 0. The van der Waals surface area contributed by atoms with Crippen molar-refractivity contribution in [1.29, 1.82) is 0 Å². The van der Waals surface area contributed by atoms with Gasteiger partial charge in [-0.3, -0.25) is 9.67 Å². The minimum atomic E-state index is 0. The number of nitrogens with zero attached hydrogens (tertiary/aromatic N) is 3. The maximum absolute atomic E-state index is 4.84. The van der Waals surface area contributed by atoms with Crippen molar-refractivity contribution in [1.82, 2.24) is 14.8 Å². The van der Waals surface area contributed by atoms with Gasteiger partial charge in [-0.1, -0.05) is 0 Å². The predicted molar refractivity (Wildman–Crippen MR) is 92.6 cm³/mol. The molecule has 4 rings (SSSR count). The van der Waals surface area contributed by atoms with Crippen molar-refractivity contribution in [3.63, 3.8) is 0 Å². The van der Waals surface area contributed by atoms with Gasteiger partial charge < -0.3 is 4.42 Å². The van der Waals surface area contributed by atoms with Crippen molar-refractivity contribution in [3.8, 4) is 16.9 Å². The second-order valence-corrected chi connectivity index (χ2v) is 5.24. The summed E-state index contributed by atoms with van der Waals surface area (Å²) in [5.41, 5.74) is 4.95. The molecule has 1 radical (unpaired) electrons. The van der Waals surface area contributed by atoms with E-state index in [0.29, 0.717) is 0 Å². The first-order valence-electron chi connectivity index (χ1n) is 7.59. The smallest absolute Gasteiger partial charge is 0.170 e. The Morgan fingerprint density at radius 3 is 2.28 bits per heavy atom. The number of aromatic nitrogens is 3. The molecule has 0 aliphatic carbocycles. The molecule has 0 unspecified atom stereocenters. The minimum absolute atomic E-state index is 0. The largest absolute Gasteiger partial charge is 0.462 e. The quantitative estimate of drug-likeness (QED) is 0.377. The first-order valence-corrected chi connectivity index (χ1v) is 7.59. The van der Waals surface area contributed by atoms with Crippen molar-refractivity contribution in [2.45, 2.75) is 13.8 Å². The van der Waals surface area contributed by atoms with Crippen LogP contribution in [0.15, 0.2) is 71.7 Å². The van der Waals surface area contributed by atoms with E-state index < -0.39 is 0 Å². The van der Waals surface area contributed by atoms with E-state index in [9.17, 15) is 0 Å². The van der Waals surface area contributed by atoms with E-state index in [1.54, 1.807) is 6.26 Å². The van der Waals surface area contributed by atoms with Gasteiger partial charge in [0.2, 0.25) is 0 Å². The Labute approximate surface area is 160 Å². The first kappa shape index (κ1) is 18.8. The third-order valence-corrected chi connectivity index (χ3v) is 3.35. The van der Waals surface area contributed by atoms with Crippen molar-refractivity contribution in [2.75, 3.05) is 0 Å². The molecule has 0 N–H and O–H groups in total. The summed E-state index contributed by atoms with van der Waals surface area (Å²) >= 11 is 0. The average Bonchev–Trinajstić information content (AvgIpc) is 3.27. The zero-order valence-electron chi connectivity index (χ0n) is 13.9. The van der Waals surface area contributed by atoms with Gasteiger partial charge in [-0.25, -0.2) is 0 Å². The van der Waals surface area contributed by atoms with Gasteiger partial charge >= 0.3 is 0 Å². The number of benzene rings is 2. The second-order valence-electron chi connectivity index (χ2n) is 5.24. The summed E-state index contributed by atoms with van der Waals surface area (Å²) in [4.78, 5) is 3.99. The van der Waals surface area contributed by atoms with Crippen molar-refractivity contribution < 1.29 is 24.5 Å². The van der Waals surface area contributed by atoms with E-state index in [0.717, 1.165) is 28.3 Å². The Morgan fingerprint density at radius 1 is 1.00 bits per heavy atom. The van der Waals surface area contributed by atoms with Crippen molar-refractivity contribution in [3.05, 3.63) is 90.8 Å². The van der Waals surface area contributed by atoms with Crippen LogP contribution in [0.1, 0.15) is 11.4 Å². The molecular formula is C20H17IrN3O-2. The van der Waals surface area contributed by atoms with Crippen molar-refractivity contribution >= 4 is 0 Å². The number of oxazole rings is 1. The molecule has 0 saturated carbocycles. The van der Waals surface area contributed by atoms with Gasteiger partial charge in [0.15, 0.2) is 6.39 Å². The van der Waals surface area contributed by atoms with Gasteiger partial charge in [-0.15, -0.1) is 42.0 Å². The molecule has 0 aliphatic rings. The van der Waals surface area contributed by atoms with Gasteiger partial charge in [0.25, 0.3) is 0 Å². The summed E-state index contributed by atoms with van der Waals surface area (Å²) in [5.74, 6) is 0. The first-order chi connectivity index (χ1) is 11.7. The average molecular weight is 508 g/mol. The Hall–Kier alpha value is -2.49. The number of hydrogen-bond donors (Lipinski definition) is 0. The van der Waals surface area contributed by atoms with Crippen LogP contribution >= 0.6 is 0 Å². The summed E-state index contributed by atoms with van der Waals surface area (Å²) in [6.07, 6.45) is 3.02. The van der Waals surface area contributed by atoms with Gasteiger partial charge in [0, 0.05) is 31.5 Å². The molecule has 4 nitrogen and oxygen atoms in total. The summed E-state index contributed by atoms with van der Waals surface area (Å²) in [6.45, 7) is 4.04. The number of rotatable bonds is 2. The normalized spacial score (nSPS) is 9.68. The van der Waals surface area contributed by atoms with Crippen LogP contribution in [0.2, 0.25) is 0 Å². The fourth-order valence-electron chi connectivity index (χ4n) is 2.29. The number of para-hydroxylation sites is 1. The Morgan fingerprint density at radius 2 is 1.76 bits per heavy atom. The van der Waals surface area contributed by atoms with Crippen LogP contribution in [0.25, 0.3) is 16.9 Å². The molecule has 0 amide bonds. The maximum Gasteiger partial charge on any atom is 0.170 e. The molecule has 129 valence electrons. The molecule has 0 atom stereocenters. The molecular weight excluding hydrogens is 490 g/mol. The standard InChI is InChI=1S/C11H11N2.C9H6NO.Ir/c1-9-8-10(2)13(12-9)11-6-4-3-5-7-11;1-2-4-8(5-3-1)9-6-11-7-10-9;/h3-6,8H,1-2H3;1-4,6-7H;/q2*-1;. The van der Waals surface area contributed by atoms with Crippen LogP contribution in [0.3, 0.4) is 0 Å². The van der Waals surface area contributed by atoms with Crippen LogP contribution in [-0.4, -0.2) is 14.8 Å². The summed E-state index contributed by atoms with van der Waals surface area (Å²) in [6, 6.07) is 23.7. The zero-order valence-corrected chi connectivity index (χ0v) is 16.3. The topological polar surface area (TPSA) is 43.9 Å². The van der Waals surface area contributed by atoms with Crippen LogP contribution in [0.4, 0.5) is 0 Å². The number of aryl methyl sites for hydroxylation is 2. The molecule has 0 saturated heterocycles. The fraction of sp³-hybridized carbons (Fsp3) is 0.100. The van der Waals surface area contributed by atoms with Crippen LogP contribution in [0.5, 0.6) is 0 Å². The van der Waals surface area contributed by atoms with Crippen LogP contribution < -0.4 is 0 Å². The third kappa shape index (κ3) is 4.99. The molecule has 2 heterocycles. The van der Waals surface area contributed by atoms with Gasteiger partial charge in [0.05, 0.1) is 12.0 Å². The summed E-state index contributed by atoms with van der Waals surface area (Å²) < 4.78 is 6.74. The fourth-order valence-corrected chi connectivity index (χ4v) is 2.29. The Bertz CT molecular complexity index is 872. The maximum atomic E-state index is 4.84. The van der Waals surface area contributed by atoms with E-state index in [1.165, 1.54) is 6.39 Å². The van der Waals surface area contributed by atoms with Crippen LogP contribution in [0, 0.1) is 26.0 Å². The number of hydrogen-bond acceptors (Lipinski definition) is 3. The molecule has 25 heavy (non-hydrogen) atoms. The molecule has 0 bridgehead atoms. The van der Waals surface area contributed by atoms with Crippen molar-refractivity contribution in [2.24, 2.45) is 0 Å². The molecule has 4 aromatic rings.